The maximum absolute atomic E-state index is 11.9. The van der Waals surface area contributed by atoms with Crippen LogP contribution in [0.1, 0.15) is 35.2 Å². The molecule has 1 heterocycles. The predicted molar refractivity (Wildman–Crippen MR) is 90.2 cm³/mol. The lowest BCUT2D eigenvalue weighted by Gasteiger charge is -2.15. The van der Waals surface area contributed by atoms with Gasteiger partial charge in [-0.15, -0.1) is 0 Å². The van der Waals surface area contributed by atoms with Gasteiger partial charge in [-0.2, -0.15) is 0 Å². The molecule has 0 bridgehead atoms. The van der Waals surface area contributed by atoms with Crippen LogP contribution < -0.4 is 10.6 Å². The number of amides is 2. The minimum atomic E-state index is -3.20. The smallest absolute Gasteiger partial charge is 0.255 e. The number of carbonyl (C=O) groups excluding carboxylic acids is 2. The second-order valence-corrected chi connectivity index (χ2v) is 7.80. The Morgan fingerprint density at radius 3 is 2.46 bits per heavy atom. The number of nitrogens with one attached hydrogen (secondary N) is 2. The summed E-state index contributed by atoms with van der Waals surface area (Å²) in [6.45, 7) is 5.53. The van der Waals surface area contributed by atoms with Crippen molar-refractivity contribution in [2.75, 3.05) is 32.4 Å². The Morgan fingerprint density at radius 1 is 1.25 bits per heavy atom. The average molecular weight is 359 g/mol. The molecular formula is C15H25N3O5S. The first-order valence-electron chi connectivity index (χ1n) is 7.73. The second kappa shape index (κ2) is 8.84. The quantitative estimate of drug-likeness (QED) is 0.621. The summed E-state index contributed by atoms with van der Waals surface area (Å²) in [6, 6.07) is 1.62. The summed E-state index contributed by atoms with van der Waals surface area (Å²) in [4.78, 5) is 23.6. The van der Waals surface area contributed by atoms with Crippen LogP contribution in [0.15, 0.2) is 10.5 Å². The van der Waals surface area contributed by atoms with E-state index in [0.29, 0.717) is 36.6 Å². The highest BCUT2D eigenvalue weighted by atomic mass is 32.2. The lowest BCUT2D eigenvalue weighted by molar-refractivity contribution is -0.120. The normalized spacial score (nSPS) is 11.5. The first-order chi connectivity index (χ1) is 11.2. The lowest BCUT2D eigenvalue weighted by atomic mass is 10.2. The van der Waals surface area contributed by atoms with E-state index < -0.39 is 10.0 Å². The third kappa shape index (κ3) is 5.97. The van der Waals surface area contributed by atoms with Crippen LogP contribution in [0.2, 0.25) is 0 Å². The lowest BCUT2D eigenvalue weighted by Crippen LogP contribution is -2.38. The van der Waals surface area contributed by atoms with Crippen LogP contribution in [-0.4, -0.2) is 57.0 Å². The molecule has 0 aliphatic heterocycles. The first kappa shape index (κ1) is 20.2. The molecule has 9 heteroatoms. The fourth-order valence-electron chi connectivity index (χ4n) is 2.06. The number of carbonyl (C=O) groups is 2. The van der Waals surface area contributed by atoms with Crippen LogP contribution in [0.4, 0.5) is 0 Å². The Labute approximate surface area is 142 Å². The monoisotopic (exact) mass is 359 g/mol. The van der Waals surface area contributed by atoms with Gasteiger partial charge in [-0.05, 0) is 33.3 Å². The molecule has 0 aliphatic rings. The highest BCUT2D eigenvalue weighted by molar-refractivity contribution is 7.89. The number of nitrogens with zero attached hydrogens (tertiary/aromatic N) is 1. The van der Waals surface area contributed by atoms with Crippen molar-refractivity contribution in [3.05, 3.63) is 23.2 Å². The molecule has 0 atom stereocenters. The van der Waals surface area contributed by atoms with E-state index in [1.54, 1.807) is 26.8 Å². The first-order valence-corrected chi connectivity index (χ1v) is 9.34. The molecule has 0 unspecified atom stereocenters. The van der Waals surface area contributed by atoms with Crippen molar-refractivity contribution in [1.29, 1.82) is 0 Å². The minimum absolute atomic E-state index is 0.0504. The van der Waals surface area contributed by atoms with Gasteiger partial charge in [0.1, 0.15) is 11.5 Å². The molecule has 0 aliphatic carbocycles. The topological polar surface area (TPSA) is 109 Å². The molecular weight excluding hydrogens is 334 g/mol. The maximum Gasteiger partial charge on any atom is 0.255 e. The van der Waals surface area contributed by atoms with Crippen molar-refractivity contribution >= 4 is 21.8 Å². The van der Waals surface area contributed by atoms with Crippen LogP contribution in [0.3, 0.4) is 0 Å². The van der Waals surface area contributed by atoms with Gasteiger partial charge in [0.05, 0.1) is 17.9 Å². The van der Waals surface area contributed by atoms with E-state index in [1.807, 2.05) is 0 Å². The Hall–Kier alpha value is -1.87. The molecule has 24 heavy (non-hydrogen) atoms. The molecule has 0 saturated heterocycles. The fourth-order valence-corrected chi connectivity index (χ4v) is 2.91. The van der Waals surface area contributed by atoms with Gasteiger partial charge < -0.3 is 15.1 Å². The van der Waals surface area contributed by atoms with Crippen molar-refractivity contribution in [2.45, 2.75) is 27.2 Å². The highest BCUT2D eigenvalue weighted by Crippen LogP contribution is 2.12. The van der Waals surface area contributed by atoms with E-state index in [9.17, 15) is 18.0 Å². The zero-order valence-electron chi connectivity index (χ0n) is 14.5. The molecule has 0 radical (unpaired) electrons. The number of aryl methyl sites for hydroxylation is 2. The average Bonchev–Trinajstić information content (AvgIpc) is 2.87. The van der Waals surface area contributed by atoms with Crippen LogP contribution in [-0.2, 0) is 14.8 Å². The third-order valence-corrected chi connectivity index (χ3v) is 5.37. The van der Waals surface area contributed by atoms with Gasteiger partial charge in [-0.1, -0.05) is 0 Å². The molecule has 1 aromatic heterocycles. The molecule has 0 aromatic carbocycles. The molecule has 8 nitrogen and oxygen atoms in total. The van der Waals surface area contributed by atoms with Crippen LogP contribution >= 0.6 is 0 Å². The minimum Gasteiger partial charge on any atom is -0.466 e. The van der Waals surface area contributed by atoms with Crippen LogP contribution in [0.25, 0.3) is 0 Å². The maximum atomic E-state index is 11.9. The van der Waals surface area contributed by atoms with Crippen LogP contribution in [0, 0.1) is 13.8 Å². The Morgan fingerprint density at radius 2 is 1.92 bits per heavy atom. The standard InChI is InChI=1S/C15H25N3O5S/c1-5-24(21,22)18(4)8-6-7-16-14(19)10-17-15(20)13-9-11(2)23-12(13)3/h9H,5-8,10H2,1-4H3,(H,16,19)(H,17,20). The largest absolute Gasteiger partial charge is 0.466 e. The number of rotatable bonds is 9. The zero-order valence-corrected chi connectivity index (χ0v) is 15.3. The summed E-state index contributed by atoms with van der Waals surface area (Å²) in [6.07, 6.45) is 0.495. The van der Waals surface area contributed by atoms with Crippen LogP contribution in [0.5, 0.6) is 0 Å². The summed E-state index contributed by atoms with van der Waals surface area (Å²) in [5.41, 5.74) is 0.409. The summed E-state index contributed by atoms with van der Waals surface area (Å²) < 4.78 is 29.6. The van der Waals surface area contributed by atoms with Gasteiger partial charge in [0, 0.05) is 20.1 Å². The summed E-state index contributed by atoms with van der Waals surface area (Å²) in [7, 11) is -1.69. The Bertz CT molecular complexity index is 681. The van der Waals surface area contributed by atoms with Crippen molar-refractivity contribution in [3.63, 3.8) is 0 Å². The summed E-state index contributed by atoms with van der Waals surface area (Å²) in [5.74, 6) is 0.490. The number of hydrogen-bond acceptors (Lipinski definition) is 5. The molecule has 2 amide bonds. The van der Waals surface area contributed by atoms with Gasteiger partial charge in [0.2, 0.25) is 15.9 Å². The zero-order chi connectivity index (χ0) is 18.3. The van der Waals surface area contributed by atoms with Crippen molar-refractivity contribution in [2.24, 2.45) is 0 Å². The van der Waals surface area contributed by atoms with Gasteiger partial charge in [-0.3, -0.25) is 9.59 Å². The highest BCUT2D eigenvalue weighted by Gasteiger charge is 2.15. The number of furan rings is 1. The van der Waals surface area contributed by atoms with Crippen molar-refractivity contribution in [1.82, 2.24) is 14.9 Å². The Balaban J connectivity index is 2.28. The van der Waals surface area contributed by atoms with E-state index in [1.165, 1.54) is 11.4 Å². The van der Waals surface area contributed by atoms with E-state index in [4.69, 9.17) is 4.42 Å². The third-order valence-electron chi connectivity index (χ3n) is 3.51. The molecule has 0 saturated carbocycles. The molecule has 1 rings (SSSR count). The number of hydrogen-bond donors (Lipinski definition) is 2. The molecule has 136 valence electrons. The predicted octanol–water partition coefficient (Wildman–Crippen LogP) is 0.414. The molecule has 0 fully saturated rings. The van der Waals surface area contributed by atoms with E-state index in [0.717, 1.165) is 0 Å². The van der Waals surface area contributed by atoms with Gasteiger partial charge in [-0.25, -0.2) is 12.7 Å². The summed E-state index contributed by atoms with van der Waals surface area (Å²) >= 11 is 0. The van der Waals surface area contributed by atoms with E-state index >= 15 is 0 Å². The van der Waals surface area contributed by atoms with Crippen molar-refractivity contribution < 1.29 is 22.4 Å². The van der Waals surface area contributed by atoms with Gasteiger partial charge in [0.25, 0.3) is 5.91 Å². The SMILES string of the molecule is CCS(=O)(=O)N(C)CCCNC(=O)CNC(=O)c1cc(C)oc1C. The van der Waals surface area contributed by atoms with E-state index in [-0.39, 0.29) is 24.1 Å². The molecule has 2 N–H and O–H groups in total. The van der Waals surface area contributed by atoms with Gasteiger partial charge in [0.15, 0.2) is 0 Å². The Kier molecular flexibility index (Phi) is 7.43. The number of sulfonamides is 1. The molecule has 1 aromatic rings. The van der Waals surface area contributed by atoms with E-state index in [2.05, 4.69) is 10.6 Å². The summed E-state index contributed by atoms with van der Waals surface area (Å²) in [5, 5.41) is 5.15. The van der Waals surface area contributed by atoms with Crippen molar-refractivity contribution in [3.8, 4) is 0 Å². The fraction of sp³-hybridized carbons (Fsp3) is 0.600. The molecule has 0 spiro atoms. The van der Waals surface area contributed by atoms with Gasteiger partial charge >= 0.3 is 0 Å². The second-order valence-electron chi connectivity index (χ2n) is 5.44.